The summed E-state index contributed by atoms with van der Waals surface area (Å²) in [4.78, 5) is 21.0. The predicted octanol–water partition coefficient (Wildman–Crippen LogP) is 0.649. The molecule has 0 aliphatic carbocycles. The highest BCUT2D eigenvalue weighted by Crippen LogP contribution is 1.82. The number of hydrogen-bond acceptors (Lipinski definition) is 3. The van der Waals surface area contributed by atoms with Gasteiger partial charge in [-0.3, -0.25) is 9.59 Å². The van der Waals surface area contributed by atoms with Gasteiger partial charge in [-0.25, -0.2) is 0 Å². The zero-order chi connectivity index (χ0) is 9.98. The number of ether oxygens (including phenoxy) is 1. The maximum Gasteiger partial charge on any atom is 0.316 e. The van der Waals surface area contributed by atoms with E-state index in [4.69, 9.17) is 0 Å². The van der Waals surface area contributed by atoms with Crippen LogP contribution < -0.4 is 0 Å². The van der Waals surface area contributed by atoms with Crippen molar-refractivity contribution in [1.82, 2.24) is 4.90 Å². The second-order valence-corrected chi connectivity index (χ2v) is 2.57. The van der Waals surface area contributed by atoms with Crippen LogP contribution in [0.5, 0.6) is 0 Å². The first kappa shape index (κ1) is 14.0. The molecule has 5 heteroatoms. The van der Waals surface area contributed by atoms with E-state index < -0.39 is 0 Å². The topological polar surface area (TPSA) is 46.6 Å². The molecule has 0 saturated heterocycles. The van der Waals surface area contributed by atoms with Crippen molar-refractivity contribution in [3.8, 4) is 0 Å². The number of hydrogen-bond donors (Lipinski definition) is 0. The van der Waals surface area contributed by atoms with Crippen molar-refractivity contribution in [3.05, 3.63) is 0 Å². The number of carbonyl (C=O) groups excluding carboxylic acids is 2. The standard InChI is InChI=1S/C4H7BrO2.C3H7NO/c1-2-7-4(6)3-5;1-4(2)3-5/h2-3H2,1H3;3H,1-2H3. The van der Waals surface area contributed by atoms with Crippen LogP contribution in [0, 0.1) is 0 Å². The van der Waals surface area contributed by atoms with Crippen LogP contribution in [-0.4, -0.2) is 43.3 Å². The summed E-state index contributed by atoms with van der Waals surface area (Å²) in [7, 11) is 3.38. The summed E-state index contributed by atoms with van der Waals surface area (Å²) >= 11 is 2.94. The highest BCUT2D eigenvalue weighted by molar-refractivity contribution is 9.09. The number of esters is 1. The largest absolute Gasteiger partial charge is 0.465 e. The number of halogens is 1. The van der Waals surface area contributed by atoms with Crippen molar-refractivity contribution in [2.45, 2.75) is 6.92 Å². The fourth-order valence-electron chi connectivity index (χ4n) is 0.200. The Morgan fingerprint density at radius 3 is 2.08 bits per heavy atom. The lowest BCUT2D eigenvalue weighted by molar-refractivity contribution is -0.139. The first-order chi connectivity index (χ1) is 5.58. The molecule has 0 rings (SSSR count). The van der Waals surface area contributed by atoms with Gasteiger partial charge in [0, 0.05) is 14.1 Å². The Hall–Kier alpha value is -0.580. The second kappa shape index (κ2) is 10.4. The van der Waals surface area contributed by atoms with Crippen molar-refractivity contribution in [2.75, 3.05) is 26.0 Å². The Labute approximate surface area is 81.0 Å². The third-order valence-electron chi connectivity index (χ3n) is 0.625. The van der Waals surface area contributed by atoms with Gasteiger partial charge in [-0.1, -0.05) is 15.9 Å². The first-order valence-electron chi connectivity index (χ1n) is 3.41. The zero-order valence-electron chi connectivity index (χ0n) is 7.54. The van der Waals surface area contributed by atoms with Gasteiger partial charge in [0.15, 0.2) is 0 Å². The monoisotopic (exact) mass is 239 g/mol. The molecule has 0 fully saturated rings. The van der Waals surface area contributed by atoms with E-state index in [1.807, 2.05) is 0 Å². The van der Waals surface area contributed by atoms with Crippen LogP contribution in [0.3, 0.4) is 0 Å². The van der Waals surface area contributed by atoms with E-state index in [0.717, 1.165) is 6.41 Å². The van der Waals surface area contributed by atoms with E-state index in [9.17, 15) is 9.59 Å². The molecule has 0 N–H and O–H groups in total. The summed E-state index contributed by atoms with van der Waals surface area (Å²) in [5, 5.41) is 0.292. The molecular weight excluding hydrogens is 226 g/mol. The lowest BCUT2D eigenvalue weighted by Crippen LogP contribution is -2.06. The maximum absolute atomic E-state index is 10.1. The first-order valence-corrected chi connectivity index (χ1v) is 4.53. The summed E-state index contributed by atoms with van der Waals surface area (Å²) in [5.41, 5.74) is 0. The molecule has 0 spiro atoms. The molecule has 0 aliphatic heterocycles. The number of alkyl halides is 1. The highest BCUT2D eigenvalue weighted by atomic mass is 79.9. The van der Waals surface area contributed by atoms with Gasteiger partial charge >= 0.3 is 5.97 Å². The fraction of sp³-hybridized carbons (Fsp3) is 0.714. The molecule has 0 aromatic rings. The SMILES string of the molecule is CCOC(=O)CBr.CN(C)C=O. The minimum absolute atomic E-state index is 0.206. The van der Waals surface area contributed by atoms with Crippen molar-refractivity contribution in [1.29, 1.82) is 0 Å². The van der Waals surface area contributed by atoms with Crippen molar-refractivity contribution in [2.24, 2.45) is 0 Å². The summed E-state index contributed by atoms with van der Waals surface area (Å²) in [6.45, 7) is 2.24. The van der Waals surface area contributed by atoms with Crippen LogP contribution in [0.4, 0.5) is 0 Å². The summed E-state index contributed by atoms with van der Waals surface area (Å²) < 4.78 is 4.51. The summed E-state index contributed by atoms with van der Waals surface area (Å²) in [5.74, 6) is -0.206. The molecule has 0 aromatic carbocycles. The average Bonchev–Trinajstić information content (AvgIpc) is 2.06. The molecule has 0 atom stereocenters. The van der Waals surface area contributed by atoms with Crippen molar-refractivity contribution >= 4 is 28.3 Å². The van der Waals surface area contributed by atoms with E-state index in [1.165, 1.54) is 4.90 Å². The zero-order valence-corrected chi connectivity index (χ0v) is 9.13. The van der Waals surface area contributed by atoms with Crippen LogP contribution in [-0.2, 0) is 14.3 Å². The van der Waals surface area contributed by atoms with E-state index in [1.54, 1.807) is 21.0 Å². The number of carbonyl (C=O) groups is 2. The van der Waals surface area contributed by atoms with Gasteiger partial charge in [0.1, 0.15) is 5.33 Å². The number of nitrogens with zero attached hydrogens (tertiary/aromatic N) is 1. The molecule has 0 aromatic heterocycles. The van der Waals surface area contributed by atoms with Crippen molar-refractivity contribution < 1.29 is 14.3 Å². The molecule has 72 valence electrons. The normalized spacial score (nSPS) is 7.67. The second-order valence-electron chi connectivity index (χ2n) is 2.01. The Morgan fingerprint density at radius 1 is 1.58 bits per heavy atom. The lowest BCUT2D eigenvalue weighted by atomic mass is 10.8. The minimum Gasteiger partial charge on any atom is -0.465 e. The van der Waals surface area contributed by atoms with Crippen molar-refractivity contribution in [3.63, 3.8) is 0 Å². The van der Waals surface area contributed by atoms with Gasteiger partial charge in [-0.05, 0) is 6.92 Å². The van der Waals surface area contributed by atoms with E-state index in [2.05, 4.69) is 20.7 Å². The van der Waals surface area contributed by atoms with Crippen LogP contribution in [0.15, 0.2) is 0 Å². The smallest absolute Gasteiger partial charge is 0.316 e. The molecule has 4 nitrogen and oxygen atoms in total. The molecule has 12 heavy (non-hydrogen) atoms. The van der Waals surface area contributed by atoms with E-state index in [-0.39, 0.29) is 5.97 Å². The Balaban J connectivity index is 0. The van der Waals surface area contributed by atoms with Crippen LogP contribution in [0.25, 0.3) is 0 Å². The third-order valence-corrected chi connectivity index (χ3v) is 1.08. The van der Waals surface area contributed by atoms with E-state index in [0.29, 0.717) is 11.9 Å². The molecular formula is C7H14BrNO3. The van der Waals surface area contributed by atoms with Gasteiger partial charge in [0.25, 0.3) is 0 Å². The van der Waals surface area contributed by atoms with Gasteiger partial charge < -0.3 is 9.64 Å². The van der Waals surface area contributed by atoms with Crippen LogP contribution in [0.1, 0.15) is 6.92 Å². The predicted molar refractivity (Wildman–Crippen MR) is 50.2 cm³/mol. The lowest BCUT2D eigenvalue weighted by Gasteiger charge is -1.93. The fourth-order valence-corrected chi connectivity index (χ4v) is 0.361. The summed E-state index contributed by atoms with van der Waals surface area (Å²) in [6, 6.07) is 0. The van der Waals surface area contributed by atoms with Gasteiger partial charge in [-0.15, -0.1) is 0 Å². The molecule has 0 bridgehead atoms. The molecule has 0 heterocycles. The Morgan fingerprint density at radius 2 is 2.00 bits per heavy atom. The molecule has 1 amide bonds. The maximum atomic E-state index is 10.1. The summed E-state index contributed by atoms with van der Waals surface area (Å²) in [6.07, 6.45) is 0.750. The Bertz CT molecular complexity index is 128. The molecule has 0 radical (unpaired) electrons. The average molecular weight is 240 g/mol. The number of rotatable bonds is 3. The van der Waals surface area contributed by atoms with Crippen LogP contribution in [0.2, 0.25) is 0 Å². The van der Waals surface area contributed by atoms with Gasteiger partial charge in [-0.2, -0.15) is 0 Å². The minimum atomic E-state index is -0.206. The Kier molecular flexibility index (Phi) is 12.1. The molecule has 0 aliphatic rings. The molecule has 0 saturated carbocycles. The van der Waals surface area contributed by atoms with Crippen LogP contribution >= 0.6 is 15.9 Å². The highest BCUT2D eigenvalue weighted by Gasteiger charge is 1.92. The molecule has 0 unspecified atom stereocenters. The van der Waals surface area contributed by atoms with Gasteiger partial charge in [0.2, 0.25) is 6.41 Å². The number of amides is 1. The third kappa shape index (κ3) is 16.2. The quantitative estimate of drug-likeness (QED) is 0.413. The van der Waals surface area contributed by atoms with E-state index >= 15 is 0 Å². The van der Waals surface area contributed by atoms with Gasteiger partial charge in [0.05, 0.1) is 6.61 Å².